The molecule has 0 saturated heterocycles. The molecule has 0 unspecified atom stereocenters. The molecule has 9 nitrogen and oxygen atoms in total. The van der Waals surface area contributed by atoms with E-state index in [4.69, 9.17) is 19.2 Å². The van der Waals surface area contributed by atoms with E-state index in [9.17, 15) is 19.6 Å². The lowest BCUT2D eigenvalue weighted by Crippen LogP contribution is -2.14. The van der Waals surface area contributed by atoms with Gasteiger partial charge in [0.25, 0.3) is 0 Å². The van der Waals surface area contributed by atoms with Crippen LogP contribution >= 0.6 is 23.1 Å². The molecule has 1 N–H and O–H groups in total. The lowest BCUT2D eigenvalue weighted by molar-refractivity contribution is -0.115. The summed E-state index contributed by atoms with van der Waals surface area (Å²) < 4.78 is 15.3. The quantitative estimate of drug-likeness (QED) is 0.144. The molecule has 0 spiro atoms. The van der Waals surface area contributed by atoms with E-state index in [1.54, 1.807) is 21.0 Å². The average molecular weight is 616 g/mol. The van der Waals surface area contributed by atoms with Gasteiger partial charge in [0, 0.05) is 23.3 Å². The van der Waals surface area contributed by atoms with Crippen LogP contribution in [0.25, 0.3) is 22.4 Å². The van der Waals surface area contributed by atoms with Crippen molar-refractivity contribution in [1.29, 1.82) is 5.26 Å². The third kappa shape index (κ3) is 7.23. The molecular formula is C32H29N3O6S2. The zero-order valence-corrected chi connectivity index (χ0v) is 25.7. The van der Waals surface area contributed by atoms with Gasteiger partial charge in [0.15, 0.2) is 0 Å². The number of ether oxygens (including phenoxy) is 3. The van der Waals surface area contributed by atoms with Gasteiger partial charge < -0.3 is 19.5 Å². The van der Waals surface area contributed by atoms with Crippen molar-refractivity contribution in [2.45, 2.75) is 25.3 Å². The number of carbonyl (C=O) groups is 3. The molecule has 1 amide bonds. The van der Waals surface area contributed by atoms with Crippen molar-refractivity contribution in [3.63, 3.8) is 0 Å². The van der Waals surface area contributed by atoms with Crippen molar-refractivity contribution >= 4 is 45.9 Å². The Kier molecular flexibility index (Phi) is 10.5. The van der Waals surface area contributed by atoms with Gasteiger partial charge >= 0.3 is 11.9 Å². The minimum atomic E-state index is -0.666. The van der Waals surface area contributed by atoms with Crippen molar-refractivity contribution < 1.29 is 28.6 Å². The first-order chi connectivity index (χ1) is 20.8. The van der Waals surface area contributed by atoms with E-state index in [1.165, 1.54) is 18.9 Å². The maximum atomic E-state index is 13.0. The van der Waals surface area contributed by atoms with Gasteiger partial charge in [-0.3, -0.25) is 4.79 Å². The molecule has 0 aliphatic rings. The van der Waals surface area contributed by atoms with E-state index in [0.29, 0.717) is 38.9 Å². The highest BCUT2D eigenvalue weighted by atomic mass is 32.2. The summed E-state index contributed by atoms with van der Waals surface area (Å²) >= 11 is 2.25. The van der Waals surface area contributed by atoms with E-state index in [0.717, 1.165) is 22.5 Å². The molecule has 4 aromatic rings. The molecule has 0 saturated carbocycles. The van der Waals surface area contributed by atoms with Crippen LogP contribution < -0.4 is 10.1 Å². The lowest BCUT2D eigenvalue weighted by Gasteiger charge is -2.13. The summed E-state index contributed by atoms with van der Waals surface area (Å²) in [5.74, 6) is -0.614. The number of amides is 1. The van der Waals surface area contributed by atoms with Gasteiger partial charge in [-0.2, -0.15) is 5.26 Å². The van der Waals surface area contributed by atoms with E-state index in [-0.39, 0.29) is 34.4 Å². The normalized spacial score (nSPS) is 10.5. The number of aromatic nitrogens is 1. The van der Waals surface area contributed by atoms with Crippen molar-refractivity contribution in [2.75, 3.05) is 31.9 Å². The molecule has 2 aromatic heterocycles. The molecular weight excluding hydrogens is 587 g/mol. The number of nitrogens with one attached hydrogen (secondary N) is 1. The number of methoxy groups -OCH3 is 2. The molecule has 2 heterocycles. The second kappa shape index (κ2) is 14.5. The number of thioether (sulfide) groups is 1. The Morgan fingerprint density at radius 2 is 1.74 bits per heavy atom. The number of carbonyl (C=O) groups excluding carboxylic acids is 3. The molecule has 0 bridgehead atoms. The van der Waals surface area contributed by atoms with Crippen LogP contribution in [-0.4, -0.2) is 49.4 Å². The fraction of sp³-hybridized carbons (Fsp3) is 0.219. The molecule has 0 aliphatic carbocycles. The molecule has 43 heavy (non-hydrogen) atoms. The van der Waals surface area contributed by atoms with Gasteiger partial charge in [-0.15, -0.1) is 23.1 Å². The number of nitriles is 1. The monoisotopic (exact) mass is 615 g/mol. The van der Waals surface area contributed by atoms with Crippen molar-refractivity contribution in [1.82, 2.24) is 4.98 Å². The van der Waals surface area contributed by atoms with E-state index >= 15 is 0 Å². The summed E-state index contributed by atoms with van der Waals surface area (Å²) in [5, 5.41) is 13.6. The van der Waals surface area contributed by atoms with Crippen LogP contribution in [0.5, 0.6) is 5.75 Å². The van der Waals surface area contributed by atoms with Crippen molar-refractivity contribution in [3.05, 3.63) is 82.2 Å². The lowest BCUT2D eigenvalue weighted by atomic mass is 9.99. The van der Waals surface area contributed by atoms with Gasteiger partial charge in [-0.05, 0) is 43.2 Å². The number of hydrogen-bond acceptors (Lipinski definition) is 10. The van der Waals surface area contributed by atoms with Crippen LogP contribution in [-0.2, 0) is 14.3 Å². The second-order valence-electron chi connectivity index (χ2n) is 9.06. The van der Waals surface area contributed by atoms with Crippen molar-refractivity contribution in [2.24, 2.45) is 0 Å². The SMILES string of the molecule is CCOC(=O)c1sc(NC(=O)CCSc2nc(-c3ccccc3)cc(-c3ccc(OC)cc3)c2C#N)c(C(=O)OC)c1C. The summed E-state index contributed by atoms with van der Waals surface area (Å²) in [4.78, 5) is 42.9. The highest BCUT2D eigenvalue weighted by Gasteiger charge is 2.27. The highest BCUT2D eigenvalue weighted by Crippen LogP contribution is 2.36. The summed E-state index contributed by atoms with van der Waals surface area (Å²) in [6.07, 6.45) is 0.0525. The molecule has 0 aliphatic heterocycles. The number of anilines is 1. The molecule has 220 valence electrons. The Balaban J connectivity index is 1.59. The largest absolute Gasteiger partial charge is 0.497 e. The topological polar surface area (TPSA) is 128 Å². The predicted molar refractivity (Wildman–Crippen MR) is 167 cm³/mol. The highest BCUT2D eigenvalue weighted by molar-refractivity contribution is 7.99. The Morgan fingerprint density at radius 1 is 1.02 bits per heavy atom. The molecule has 4 rings (SSSR count). The van der Waals surface area contributed by atoms with Gasteiger partial charge in [0.2, 0.25) is 5.91 Å². The minimum absolute atomic E-state index is 0.0525. The van der Waals surface area contributed by atoms with Gasteiger partial charge in [-0.1, -0.05) is 42.5 Å². The summed E-state index contributed by atoms with van der Waals surface area (Å²) in [6.45, 7) is 3.47. The number of rotatable bonds is 11. The minimum Gasteiger partial charge on any atom is -0.497 e. The first-order valence-electron chi connectivity index (χ1n) is 13.3. The number of hydrogen-bond donors (Lipinski definition) is 1. The molecule has 0 atom stereocenters. The van der Waals surface area contributed by atoms with E-state index in [2.05, 4.69) is 11.4 Å². The second-order valence-corrected chi connectivity index (χ2v) is 11.2. The number of nitrogens with zero attached hydrogens (tertiary/aromatic N) is 2. The Hall–Kier alpha value is -4.66. The standard InChI is InChI=1S/C32H29N3O6S2/c1-5-41-32(38)28-19(2)27(31(37)40-4)30(43-28)35-26(36)15-16-42-29-24(18-33)23(20-11-13-22(39-3)14-12-20)17-25(34-29)21-9-7-6-8-10-21/h6-14,17H,5,15-16H2,1-4H3,(H,35,36). The van der Waals surface area contributed by atoms with Gasteiger partial charge in [-0.25, -0.2) is 14.6 Å². The average Bonchev–Trinajstić information content (AvgIpc) is 3.35. The summed E-state index contributed by atoms with van der Waals surface area (Å²) in [6, 6.07) is 21.3. The van der Waals surface area contributed by atoms with Crippen LogP contribution in [0.4, 0.5) is 5.00 Å². The Bertz CT molecular complexity index is 1680. The molecule has 0 fully saturated rings. The molecule has 2 aromatic carbocycles. The number of pyridine rings is 1. The van der Waals surface area contributed by atoms with E-state index in [1.807, 2.05) is 60.7 Å². The van der Waals surface area contributed by atoms with Crippen molar-refractivity contribution in [3.8, 4) is 34.2 Å². The smallest absolute Gasteiger partial charge is 0.348 e. The first kappa shape index (κ1) is 31.3. The van der Waals surface area contributed by atoms with Crippen LogP contribution in [0.2, 0.25) is 0 Å². The Labute approximate surface area is 257 Å². The molecule has 11 heteroatoms. The van der Waals surface area contributed by atoms with Gasteiger partial charge in [0.1, 0.15) is 26.7 Å². The maximum Gasteiger partial charge on any atom is 0.348 e. The first-order valence-corrected chi connectivity index (χ1v) is 15.1. The summed E-state index contributed by atoms with van der Waals surface area (Å²) in [7, 11) is 2.82. The summed E-state index contributed by atoms with van der Waals surface area (Å²) in [5.41, 5.74) is 4.03. The van der Waals surface area contributed by atoms with Crippen LogP contribution in [0.15, 0.2) is 65.7 Å². The maximum absolute atomic E-state index is 13.0. The Morgan fingerprint density at radius 3 is 2.37 bits per heavy atom. The van der Waals surface area contributed by atoms with Crippen LogP contribution in [0, 0.1) is 18.3 Å². The number of esters is 2. The zero-order chi connectivity index (χ0) is 30.9. The third-order valence-corrected chi connectivity index (χ3v) is 8.55. The van der Waals surface area contributed by atoms with Crippen LogP contribution in [0.3, 0.4) is 0 Å². The molecule has 0 radical (unpaired) electrons. The zero-order valence-electron chi connectivity index (χ0n) is 24.1. The van der Waals surface area contributed by atoms with E-state index < -0.39 is 11.9 Å². The number of thiophene rings is 1. The number of benzene rings is 2. The fourth-order valence-corrected chi connectivity index (χ4v) is 6.31. The van der Waals surface area contributed by atoms with Gasteiger partial charge in [0.05, 0.1) is 37.6 Å². The van der Waals surface area contributed by atoms with Crippen LogP contribution in [0.1, 0.15) is 44.5 Å². The third-order valence-electron chi connectivity index (χ3n) is 6.39. The fourth-order valence-electron chi connectivity index (χ4n) is 4.26. The predicted octanol–water partition coefficient (Wildman–Crippen LogP) is 6.75.